The second kappa shape index (κ2) is 7.43. The van der Waals surface area contributed by atoms with Crippen LogP contribution in [0.25, 0.3) is 11.0 Å². The third-order valence-electron chi connectivity index (χ3n) is 6.84. The number of fused-ring (bicyclic) bond motifs is 1. The maximum Gasteiger partial charge on any atom is 0.165 e. The average Bonchev–Trinajstić information content (AvgIpc) is 3.58. The summed E-state index contributed by atoms with van der Waals surface area (Å²) in [5.74, 6) is -0.911. The highest BCUT2D eigenvalue weighted by Gasteiger charge is 2.58. The van der Waals surface area contributed by atoms with Gasteiger partial charge in [0.2, 0.25) is 0 Å². The highest BCUT2D eigenvalue weighted by Crippen LogP contribution is 2.49. The quantitative estimate of drug-likeness (QED) is 0.602. The monoisotopic (exact) mass is 487 g/mol. The van der Waals surface area contributed by atoms with Gasteiger partial charge in [0, 0.05) is 30.1 Å². The molecule has 1 aliphatic carbocycles. The van der Waals surface area contributed by atoms with Gasteiger partial charge in [-0.25, -0.2) is 12.8 Å². The van der Waals surface area contributed by atoms with Gasteiger partial charge in [-0.05, 0) is 56.4 Å². The minimum Gasteiger partial charge on any atom is -0.386 e. The molecule has 1 fully saturated rings. The van der Waals surface area contributed by atoms with E-state index >= 15 is 0 Å². The van der Waals surface area contributed by atoms with Crippen molar-refractivity contribution in [1.82, 2.24) is 15.0 Å². The molecule has 0 spiro atoms. The summed E-state index contributed by atoms with van der Waals surface area (Å²) >= 11 is 6.02. The average molecular weight is 488 g/mol. The molecule has 1 saturated carbocycles. The van der Waals surface area contributed by atoms with Crippen LogP contribution in [0.5, 0.6) is 0 Å². The SMILES string of the molecule is C[C@@]1(c2cc(Cc3ccnc4cc(Cl)cnc34)ncc2F)CS(=O)(=O)[C@@](C)(C2CC2)C(N)=N1. The molecule has 0 saturated heterocycles. The van der Waals surface area contributed by atoms with Crippen molar-refractivity contribution in [2.75, 3.05) is 5.75 Å². The van der Waals surface area contributed by atoms with Gasteiger partial charge in [-0.2, -0.15) is 0 Å². The predicted octanol–water partition coefficient (Wildman–Crippen LogP) is 3.58. The highest BCUT2D eigenvalue weighted by atomic mass is 35.5. The first-order valence-corrected chi connectivity index (χ1v) is 12.7. The lowest BCUT2D eigenvalue weighted by Crippen LogP contribution is -2.58. The van der Waals surface area contributed by atoms with E-state index in [1.54, 1.807) is 38.4 Å². The van der Waals surface area contributed by atoms with Crippen molar-refractivity contribution in [1.29, 1.82) is 0 Å². The Morgan fingerprint density at radius 2 is 1.94 bits per heavy atom. The van der Waals surface area contributed by atoms with Crippen LogP contribution in [0.4, 0.5) is 4.39 Å². The lowest BCUT2D eigenvalue weighted by molar-refractivity contribution is 0.461. The van der Waals surface area contributed by atoms with E-state index in [4.69, 9.17) is 17.3 Å². The number of hydrogen-bond donors (Lipinski definition) is 1. The summed E-state index contributed by atoms with van der Waals surface area (Å²) in [6, 6.07) is 5.11. The van der Waals surface area contributed by atoms with E-state index in [9.17, 15) is 12.8 Å². The maximum absolute atomic E-state index is 15.0. The van der Waals surface area contributed by atoms with Crippen molar-refractivity contribution < 1.29 is 12.8 Å². The van der Waals surface area contributed by atoms with Crippen molar-refractivity contribution in [2.24, 2.45) is 16.6 Å². The molecule has 172 valence electrons. The number of nitrogens with zero attached hydrogens (tertiary/aromatic N) is 4. The summed E-state index contributed by atoms with van der Waals surface area (Å²) in [6.07, 6.45) is 6.25. The number of amidine groups is 1. The standard InChI is InChI=1S/C23H23ClFN5O2S/c1-22(12-33(31,32)23(2,14-3-4-14)21(26)30-22)17-9-16(28-11-18(17)25)7-13-5-6-27-19-8-15(24)10-29-20(13)19/h5-6,8-11,14H,3-4,7,12H2,1-2H3,(H2,26,30)/t22-,23-/m0/s1. The van der Waals surface area contributed by atoms with Crippen LogP contribution in [0.1, 0.15) is 43.5 Å². The Bertz CT molecular complexity index is 1430. The topological polar surface area (TPSA) is 111 Å². The molecule has 4 heterocycles. The van der Waals surface area contributed by atoms with E-state index in [1.807, 2.05) is 6.07 Å². The molecule has 0 unspecified atom stereocenters. The minimum atomic E-state index is -3.66. The zero-order valence-electron chi connectivity index (χ0n) is 18.2. The number of rotatable bonds is 4. The van der Waals surface area contributed by atoms with Gasteiger partial charge in [0.15, 0.2) is 9.84 Å². The summed E-state index contributed by atoms with van der Waals surface area (Å²) in [5.41, 5.74) is 7.76. The van der Waals surface area contributed by atoms with Crippen molar-refractivity contribution >= 4 is 38.3 Å². The van der Waals surface area contributed by atoms with E-state index in [1.165, 1.54) is 0 Å². The van der Waals surface area contributed by atoms with Crippen LogP contribution >= 0.6 is 11.6 Å². The van der Waals surface area contributed by atoms with Crippen LogP contribution in [0.2, 0.25) is 5.02 Å². The molecule has 33 heavy (non-hydrogen) atoms. The molecular weight excluding hydrogens is 465 g/mol. The molecule has 5 rings (SSSR count). The van der Waals surface area contributed by atoms with E-state index in [0.717, 1.165) is 24.6 Å². The van der Waals surface area contributed by atoms with Crippen LogP contribution in [-0.2, 0) is 21.8 Å². The Morgan fingerprint density at radius 3 is 2.64 bits per heavy atom. The first-order chi connectivity index (χ1) is 15.5. The lowest BCUT2D eigenvalue weighted by atomic mass is 9.92. The summed E-state index contributed by atoms with van der Waals surface area (Å²) < 4.78 is 40.4. The fraction of sp³-hybridized carbons (Fsp3) is 0.391. The smallest absolute Gasteiger partial charge is 0.165 e. The summed E-state index contributed by atoms with van der Waals surface area (Å²) in [4.78, 5) is 17.5. The summed E-state index contributed by atoms with van der Waals surface area (Å²) in [6.45, 7) is 3.25. The minimum absolute atomic E-state index is 0.0328. The van der Waals surface area contributed by atoms with Gasteiger partial charge < -0.3 is 5.73 Å². The van der Waals surface area contributed by atoms with Gasteiger partial charge in [-0.15, -0.1) is 0 Å². The molecule has 2 N–H and O–H groups in total. The van der Waals surface area contributed by atoms with Gasteiger partial charge in [0.05, 0.1) is 28.0 Å². The number of pyridine rings is 3. The number of aromatic nitrogens is 3. The largest absolute Gasteiger partial charge is 0.386 e. The normalized spacial score (nSPS) is 26.8. The van der Waals surface area contributed by atoms with Gasteiger partial charge >= 0.3 is 0 Å². The zero-order chi connectivity index (χ0) is 23.6. The maximum atomic E-state index is 15.0. The molecule has 10 heteroatoms. The van der Waals surface area contributed by atoms with E-state index < -0.39 is 25.9 Å². The van der Waals surface area contributed by atoms with Gasteiger partial charge in [0.1, 0.15) is 21.9 Å². The van der Waals surface area contributed by atoms with Crippen LogP contribution < -0.4 is 5.73 Å². The molecule has 3 aromatic rings. The third-order valence-corrected chi connectivity index (χ3v) is 9.82. The van der Waals surface area contributed by atoms with Crippen molar-refractivity contribution in [2.45, 2.75) is 43.4 Å². The van der Waals surface area contributed by atoms with Crippen LogP contribution in [0.15, 0.2) is 41.8 Å². The number of hydrogen-bond acceptors (Lipinski definition) is 7. The fourth-order valence-electron chi connectivity index (χ4n) is 4.71. The Labute approximate surface area is 196 Å². The molecular formula is C23H23ClFN5O2S. The second-order valence-electron chi connectivity index (χ2n) is 9.23. The first-order valence-electron chi connectivity index (χ1n) is 10.7. The van der Waals surface area contributed by atoms with E-state index in [-0.39, 0.29) is 23.1 Å². The van der Waals surface area contributed by atoms with Crippen molar-refractivity contribution in [3.8, 4) is 0 Å². The molecule has 3 aromatic heterocycles. The van der Waals surface area contributed by atoms with Gasteiger partial charge in [-0.3, -0.25) is 19.9 Å². The van der Waals surface area contributed by atoms with Gasteiger partial charge in [0.25, 0.3) is 0 Å². The molecule has 7 nitrogen and oxygen atoms in total. The number of sulfone groups is 1. The lowest BCUT2D eigenvalue weighted by Gasteiger charge is -2.40. The van der Waals surface area contributed by atoms with Crippen molar-refractivity contribution in [3.63, 3.8) is 0 Å². The molecule has 2 atom stereocenters. The van der Waals surface area contributed by atoms with E-state index in [2.05, 4.69) is 19.9 Å². The Balaban J connectivity index is 1.56. The molecule has 0 bridgehead atoms. The zero-order valence-corrected chi connectivity index (χ0v) is 19.8. The fourth-order valence-corrected chi connectivity index (χ4v) is 7.23. The van der Waals surface area contributed by atoms with Crippen LogP contribution in [0.3, 0.4) is 0 Å². The molecule has 1 aliphatic heterocycles. The Hall–Kier alpha value is -2.65. The molecule has 2 aliphatic rings. The summed E-state index contributed by atoms with van der Waals surface area (Å²) in [5, 5.41) is 0.481. The molecule has 0 radical (unpaired) electrons. The Morgan fingerprint density at radius 1 is 1.18 bits per heavy atom. The number of halogens is 2. The van der Waals surface area contributed by atoms with Crippen LogP contribution in [0, 0.1) is 11.7 Å². The number of aliphatic imine (C=N–C) groups is 1. The third kappa shape index (κ3) is 3.58. The first kappa shape index (κ1) is 22.2. The molecule has 0 amide bonds. The highest BCUT2D eigenvalue weighted by molar-refractivity contribution is 7.93. The van der Waals surface area contributed by atoms with Crippen LogP contribution in [-0.4, -0.2) is 39.7 Å². The predicted molar refractivity (Wildman–Crippen MR) is 125 cm³/mol. The molecule has 0 aromatic carbocycles. The summed E-state index contributed by atoms with van der Waals surface area (Å²) in [7, 11) is -3.66. The van der Waals surface area contributed by atoms with E-state index in [0.29, 0.717) is 28.2 Å². The Kier molecular flexibility index (Phi) is 4.99. The number of nitrogens with two attached hydrogens (primary N) is 1. The van der Waals surface area contributed by atoms with Crippen molar-refractivity contribution in [3.05, 3.63) is 64.5 Å². The van der Waals surface area contributed by atoms with Gasteiger partial charge in [-0.1, -0.05) is 11.6 Å². The second-order valence-corrected chi connectivity index (χ2v) is 12.0.